The molecule has 0 radical (unpaired) electrons. The Hall–Kier alpha value is -1.49. The standard InChI is InChI=1S/C19H17F17S/c1-2-3-5-10-7-9-37-11(10)6-4-8-12(20,21)13(22,23)14(24,25)15(26,27)16(28,29)17(30,31)18(32,33)19(34,35)36/h7,9H,2-6,8H2,1H3. The van der Waals surface area contributed by atoms with E-state index in [4.69, 9.17) is 0 Å². The van der Waals surface area contributed by atoms with Crippen LogP contribution in [0.5, 0.6) is 0 Å². The lowest BCUT2D eigenvalue weighted by Gasteiger charge is -2.42. The average molecular weight is 600 g/mol. The SMILES string of the molecule is CCCCc1ccsc1CCCC(F)(F)C(F)(F)C(F)(F)C(F)(F)C(F)(F)C(F)(F)C(F)(F)C(F)(F)F. The third kappa shape index (κ3) is 5.36. The van der Waals surface area contributed by atoms with Gasteiger partial charge >= 0.3 is 47.6 Å². The molecule has 0 fully saturated rings. The molecule has 218 valence electrons. The normalized spacial score (nSPS) is 15.4. The van der Waals surface area contributed by atoms with Crippen molar-refractivity contribution in [3.05, 3.63) is 21.9 Å². The van der Waals surface area contributed by atoms with E-state index in [9.17, 15) is 74.6 Å². The van der Waals surface area contributed by atoms with Crippen molar-refractivity contribution < 1.29 is 74.6 Å². The molecule has 0 aliphatic heterocycles. The molecule has 0 unspecified atom stereocenters. The molecule has 0 aromatic carbocycles. The highest BCUT2D eigenvalue weighted by Gasteiger charge is 2.95. The smallest absolute Gasteiger partial charge is 0.200 e. The number of rotatable bonds is 13. The Labute approximate surface area is 201 Å². The molecule has 18 heteroatoms. The summed E-state index contributed by atoms with van der Waals surface area (Å²) in [5, 5.41) is 1.46. The van der Waals surface area contributed by atoms with Crippen LogP contribution in [0.1, 0.15) is 43.0 Å². The molecule has 0 bridgehead atoms. The molecule has 0 spiro atoms. The minimum atomic E-state index is -8.59. The first-order valence-electron chi connectivity index (χ1n) is 10.0. The molecule has 37 heavy (non-hydrogen) atoms. The summed E-state index contributed by atoms with van der Waals surface area (Å²) < 4.78 is 226. The molecule has 0 saturated heterocycles. The van der Waals surface area contributed by atoms with Gasteiger partial charge in [0.15, 0.2) is 0 Å². The molecule has 1 aromatic heterocycles. The van der Waals surface area contributed by atoms with Crippen LogP contribution in [-0.4, -0.2) is 47.6 Å². The lowest BCUT2D eigenvalue weighted by Crippen LogP contribution is -2.74. The molecular weight excluding hydrogens is 583 g/mol. The number of aryl methyl sites for hydroxylation is 2. The van der Waals surface area contributed by atoms with Crippen molar-refractivity contribution in [1.82, 2.24) is 0 Å². The van der Waals surface area contributed by atoms with Crippen LogP contribution in [-0.2, 0) is 12.8 Å². The van der Waals surface area contributed by atoms with Gasteiger partial charge in [0.1, 0.15) is 0 Å². The summed E-state index contributed by atoms with van der Waals surface area (Å²) in [4.78, 5) is 0.310. The molecule has 1 heterocycles. The van der Waals surface area contributed by atoms with Crippen molar-refractivity contribution in [2.75, 3.05) is 0 Å². The van der Waals surface area contributed by atoms with E-state index in [1.165, 1.54) is 11.4 Å². The van der Waals surface area contributed by atoms with E-state index in [-0.39, 0.29) is 0 Å². The zero-order chi connectivity index (χ0) is 29.5. The summed E-state index contributed by atoms with van der Waals surface area (Å²) in [5.74, 6) is -55.9. The third-order valence-corrected chi connectivity index (χ3v) is 6.34. The topological polar surface area (TPSA) is 0 Å². The maximum Gasteiger partial charge on any atom is 0.460 e. The molecule has 0 saturated carbocycles. The lowest BCUT2D eigenvalue weighted by atomic mass is 9.88. The number of unbranched alkanes of at least 4 members (excludes halogenated alkanes) is 1. The summed E-state index contributed by atoms with van der Waals surface area (Å²) in [6.07, 6.45) is -10.1. The first kappa shape index (κ1) is 33.5. The second-order valence-electron chi connectivity index (χ2n) is 7.97. The number of halogens is 17. The minimum Gasteiger partial charge on any atom is -0.200 e. The van der Waals surface area contributed by atoms with Crippen LogP contribution in [0.15, 0.2) is 11.4 Å². The molecule has 0 nitrogen and oxygen atoms in total. The summed E-state index contributed by atoms with van der Waals surface area (Å²) in [5.41, 5.74) is 0.561. The Morgan fingerprint density at radius 1 is 0.568 bits per heavy atom. The van der Waals surface area contributed by atoms with Gasteiger partial charge in [-0.15, -0.1) is 11.3 Å². The Bertz CT molecular complexity index is 897. The van der Waals surface area contributed by atoms with Gasteiger partial charge in [0.2, 0.25) is 0 Å². The van der Waals surface area contributed by atoms with E-state index in [2.05, 4.69) is 0 Å². The number of alkyl halides is 17. The van der Waals surface area contributed by atoms with Gasteiger partial charge in [0.05, 0.1) is 0 Å². The van der Waals surface area contributed by atoms with Crippen molar-refractivity contribution in [3.63, 3.8) is 0 Å². The van der Waals surface area contributed by atoms with E-state index in [0.29, 0.717) is 29.7 Å². The van der Waals surface area contributed by atoms with E-state index in [0.717, 1.165) is 11.3 Å². The predicted molar refractivity (Wildman–Crippen MR) is 96.6 cm³/mol. The number of thiophene rings is 1. The van der Waals surface area contributed by atoms with Gasteiger partial charge < -0.3 is 0 Å². The number of hydrogen-bond donors (Lipinski definition) is 0. The van der Waals surface area contributed by atoms with Crippen molar-refractivity contribution in [2.24, 2.45) is 0 Å². The quantitative estimate of drug-likeness (QED) is 0.198. The summed E-state index contributed by atoms with van der Waals surface area (Å²) in [7, 11) is 0. The first-order chi connectivity index (χ1) is 16.3. The fourth-order valence-electron chi connectivity index (χ4n) is 3.00. The Balaban J connectivity index is 3.29. The molecule has 0 atom stereocenters. The largest absolute Gasteiger partial charge is 0.460 e. The van der Waals surface area contributed by atoms with Gasteiger partial charge in [0, 0.05) is 11.3 Å². The minimum absolute atomic E-state index is 0.310. The molecule has 0 N–H and O–H groups in total. The third-order valence-electron chi connectivity index (χ3n) is 5.32. The van der Waals surface area contributed by atoms with Crippen LogP contribution in [0, 0.1) is 0 Å². The van der Waals surface area contributed by atoms with Crippen LogP contribution in [0.3, 0.4) is 0 Å². The maximum absolute atomic E-state index is 13.9. The average Bonchev–Trinajstić information content (AvgIpc) is 3.17. The second kappa shape index (κ2) is 10.2. The summed E-state index contributed by atoms with van der Waals surface area (Å²) in [6.45, 7) is 1.79. The highest BCUT2D eigenvalue weighted by atomic mass is 32.1. The molecule has 0 aliphatic rings. The van der Waals surface area contributed by atoms with Gasteiger partial charge in [-0.3, -0.25) is 0 Å². The van der Waals surface area contributed by atoms with E-state index >= 15 is 0 Å². The van der Waals surface area contributed by atoms with E-state index in [1.54, 1.807) is 6.92 Å². The van der Waals surface area contributed by atoms with Gasteiger partial charge in [0.25, 0.3) is 0 Å². The maximum atomic E-state index is 13.9. The summed E-state index contributed by atoms with van der Waals surface area (Å²) in [6, 6.07) is 1.52. The Morgan fingerprint density at radius 2 is 1.00 bits per heavy atom. The first-order valence-corrected chi connectivity index (χ1v) is 10.9. The molecule has 0 amide bonds. The monoisotopic (exact) mass is 600 g/mol. The van der Waals surface area contributed by atoms with Crippen LogP contribution in [0.2, 0.25) is 0 Å². The van der Waals surface area contributed by atoms with Gasteiger partial charge in [-0.25, -0.2) is 0 Å². The van der Waals surface area contributed by atoms with Crippen molar-refractivity contribution in [2.45, 2.75) is 93.1 Å². The predicted octanol–water partition coefficient (Wildman–Crippen LogP) is 9.42. The highest BCUT2D eigenvalue weighted by molar-refractivity contribution is 7.10. The van der Waals surface area contributed by atoms with Crippen LogP contribution >= 0.6 is 11.3 Å². The second-order valence-corrected chi connectivity index (χ2v) is 8.98. The molecule has 1 aromatic rings. The molecule has 0 aliphatic carbocycles. The Kier molecular flexibility index (Phi) is 9.28. The summed E-state index contributed by atoms with van der Waals surface area (Å²) >= 11 is 0.932. The van der Waals surface area contributed by atoms with Crippen LogP contribution in [0.25, 0.3) is 0 Å². The van der Waals surface area contributed by atoms with E-state index in [1.807, 2.05) is 0 Å². The lowest BCUT2D eigenvalue weighted by molar-refractivity contribution is -0.461. The fraction of sp³-hybridized carbons (Fsp3) is 0.789. The zero-order valence-corrected chi connectivity index (χ0v) is 19.0. The van der Waals surface area contributed by atoms with Crippen molar-refractivity contribution >= 4 is 11.3 Å². The highest BCUT2D eigenvalue weighted by Crippen LogP contribution is 2.64. The zero-order valence-electron chi connectivity index (χ0n) is 18.2. The van der Waals surface area contributed by atoms with E-state index < -0.39 is 66.9 Å². The van der Waals surface area contributed by atoms with Gasteiger partial charge in [-0.1, -0.05) is 13.3 Å². The van der Waals surface area contributed by atoms with Crippen LogP contribution in [0.4, 0.5) is 74.6 Å². The fourth-order valence-corrected chi connectivity index (χ4v) is 3.98. The Morgan fingerprint density at radius 3 is 1.43 bits per heavy atom. The van der Waals surface area contributed by atoms with Crippen LogP contribution < -0.4 is 0 Å². The molecule has 1 rings (SSSR count). The van der Waals surface area contributed by atoms with Crippen molar-refractivity contribution in [1.29, 1.82) is 0 Å². The van der Waals surface area contributed by atoms with Gasteiger partial charge in [-0.05, 0) is 42.7 Å². The number of hydrogen-bond acceptors (Lipinski definition) is 1. The van der Waals surface area contributed by atoms with Crippen molar-refractivity contribution in [3.8, 4) is 0 Å². The molecular formula is C19H17F17S. The van der Waals surface area contributed by atoms with Gasteiger partial charge in [-0.2, -0.15) is 74.6 Å².